The van der Waals surface area contributed by atoms with Gasteiger partial charge in [0.25, 0.3) is 5.91 Å². The summed E-state index contributed by atoms with van der Waals surface area (Å²) < 4.78 is 38.7. The highest BCUT2D eigenvalue weighted by atomic mass is 19.4. The average Bonchev–Trinajstić information content (AvgIpc) is 2.82. The molecule has 1 aromatic heterocycles. The van der Waals surface area contributed by atoms with E-state index in [-0.39, 0.29) is 11.9 Å². The molecule has 1 aliphatic heterocycles. The summed E-state index contributed by atoms with van der Waals surface area (Å²) in [5.74, 6) is -0.149. The van der Waals surface area contributed by atoms with Crippen LogP contribution in [-0.2, 0) is 7.05 Å². The number of hydrogen-bond donors (Lipinski definition) is 0. The van der Waals surface area contributed by atoms with Gasteiger partial charge in [0.2, 0.25) is 0 Å². The average molecular weight is 304 g/mol. The van der Waals surface area contributed by atoms with Crippen LogP contribution in [0.1, 0.15) is 23.3 Å². The molecule has 0 bridgehead atoms. The highest BCUT2D eigenvalue weighted by molar-refractivity contribution is 5.92. The molecular formula is C13H19F3N4O. The van der Waals surface area contributed by atoms with Gasteiger partial charge in [0, 0.05) is 33.2 Å². The molecule has 0 unspecified atom stereocenters. The van der Waals surface area contributed by atoms with Crippen LogP contribution in [0.25, 0.3) is 0 Å². The molecule has 1 fully saturated rings. The number of carbonyl (C=O) groups is 1. The zero-order valence-corrected chi connectivity index (χ0v) is 12.1. The van der Waals surface area contributed by atoms with Gasteiger partial charge in [0.1, 0.15) is 5.69 Å². The highest BCUT2D eigenvalue weighted by Gasteiger charge is 2.34. The van der Waals surface area contributed by atoms with Gasteiger partial charge in [-0.25, -0.2) is 4.98 Å². The second-order valence-corrected chi connectivity index (χ2v) is 5.43. The van der Waals surface area contributed by atoms with Crippen LogP contribution in [0.3, 0.4) is 0 Å². The molecule has 2 rings (SSSR count). The number of hydrogen-bond acceptors (Lipinski definition) is 3. The summed E-state index contributed by atoms with van der Waals surface area (Å²) in [5.41, 5.74) is 0.482. The van der Waals surface area contributed by atoms with E-state index in [1.54, 1.807) is 29.9 Å². The molecule has 8 heteroatoms. The number of imidazole rings is 1. The minimum atomic E-state index is -4.16. The fourth-order valence-corrected chi connectivity index (χ4v) is 2.63. The zero-order chi connectivity index (χ0) is 15.6. The first-order chi connectivity index (χ1) is 9.78. The number of nitrogens with zero attached hydrogens (tertiary/aromatic N) is 4. The number of likely N-dealkylation sites (tertiary alicyclic amines) is 1. The lowest BCUT2D eigenvalue weighted by Crippen LogP contribution is -2.47. The molecule has 0 radical (unpaired) electrons. The fraction of sp³-hybridized carbons (Fsp3) is 0.692. The summed E-state index contributed by atoms with van der Waals surface area (Å²) in [4.78, 5) is 19.2. The SMILES string of the molecule is CN(C(=O)c1cncn1C)C1CCN(CC(F)(F)F)CC1. The number of amides is 1. The summed E-state index contributed by atoms with van der Waals surface area (Å²) >= 11 is 0. The Kier molecular flexibility index (Phi) is 4.55. The van der Waals surface area contributed by atoms with Gasteiger partial charge in [-0.3, -0.25) is 9.69 Å². The molecule has 5 nitrogen and oxygen atoms in total. The molecule has 0 aromatic carbocycles. The second kappa shape index (κ2) is 6.05. The number of piperidine rings is 1. The molecule has 1 amide bonds. The first-order valence-electron chi connectivity index (χ1n) is 6.80. The summed E-state index contributed by atoms with van der Waals surface area (Å²) in [6, 6.07) is -0.0307. The Labute approximate surface area is 121 Å². The Morgan fingerprint density at radius 1 is 1.43 bits per heavy atom. The third-order valence-electron chi connectivity index (χ3n) is 3.86. The van der Waals surface area contributed by atoms with Crippen molar-refractivity contribution in [3.63, 3.8) is 0 Å². The van der Waals surface area contributed by atoms with Gasteiger partial charge in [-0.2, -0.15) is 13.2 Å². The molecule has 1 aromatic rings. The fourth-order valence-electron chi connectivity index (χ4n) is 2.63. The molecule has 1 aliphatic rings. The Hall–Kier alpha value is -1.57. The Balaban J connectivity index is 1.90. The van der Waals surface area contributed by atoms with Crippen molar-refractivity contribution in [2.45, 2.75) is 25.1 Å². The smallest absolute Gasteiger partial charge is 0.337 e. The van der Waals surface area contributed by atoms with Crippen molar-refractivity contribution in [3.8, 4) is 0 Å². The van der Waals surface area contributed by atoms with Crippen LogP contribution in [0.5, 0.6) is 0 Å². The quantitative estimate of drug-likeness (QED) is 0.850. The lowest BCUT2D eigenvalue weighted by atomic mass is 10.0. The van der Waals surface area contributed by atoms with E-state index in [0.29, 0.717) is 31.6 Å². The molecule has 2 heterocycles. The van der Waals surface area contributed by atoms with Crippen LogP contribution in [0, 0.1) is 0 Å². The first-order valence-corrected chi connectivity index (χ1v) is 6.80. The van der Waals surface area contributed by atoms with E-state index in [4.69, 9.17) is 0 Å². The summed E-state index contributed by atoms with van der Waals surface area (Å²) in [7, 11) is 3.43. The minimum absolute atomic E-state index is 0.0307. The van der Waals surface area contributed by atoms with Crippen molar-refractivity contribution in [1.82, 2.24) is 19.4 Å². The Bertz CT molecular complexity index is 492. The van der Waals surface area contributed by atoms with Crippen LogP contribution >= 0.6 is 0 Å². The lowest BCUT2D eigenvalue weighted by Gasteiger charge is -2.36. The van der Waals surface area contributed by atoms with Crippen molar-refractivity contribution in [2.24, 2.45) is 7.05 Å². The third-order valence-corrected chi connectivity index (χ3v) is 3.86. The predicted molar refractivity (Wildman–Crippen MR) is 70.8 cm³/mol. The number of halogens is 3. The number of aryl methyl sites for hydroxylation is 1. The molecule has 0 atom stereocenters. The van der Waals surface area contributed by atoms with Gasteiger partial charge in [-0.1, -0.05) is 0 Å². The van der Waals surface area contributed by atoms with Gasteiger partial charge >= 0.3 is 6.18 Å². The highest BCUT2D eigenvalue weighted by Crippen LogP contribution is 2.22. The molecular weight excluding hydrogens is 285 g/mol. The van der Waals surface area contributed by atoms with E-state index in [1.165, 1.54) is 11.1 Å². The zero-order valence-electron chi connectivity index (χ0n) is 12.1. The van der Waals surface area contributed by atoms with E-state index in [9.17, 15) is 18.0 Å². The molecule has 0 spiro atoms. The molecule has 0 aliphatic carbocycles. The van der Waals surface area contributed by atoms with Crippen LogP contribution in [0.4, 0.5) is 13.2 Å². The number of alkyl halides is 3. The van der Waals surface area contributed by atoms with Crippen molar-refractivity contribution < 1.29 is 18.0 Å². The van der Waals surface area contributed by atoms with Crippen LogP contribution in [-0.4, -0.2) is 64.2 Å². The topological polar surface area (TPSA) is 41.4 Å². The first kappa shape index (κ1) is 15.8. The third kappa shape index (κ3) is 3.96. The molecule has 118 valence electrons. The van der Waals surface area contributed by atoms with E-state index in [0.717, 1.165) is 0 Å². The summed E-state index contributed by atoms with van der Waals surface area (Å²) in [5, 5.41) is 0. The Morgan fingerprint density at radius 2 is 2.05 bits per heavy atom. The maximum Gasteiger partial charge on any atom is 0.401 e. The van der Waals surface area contributed by atoms with Gasteiger partial charge in [-0.15, -0.1) is 0 Å². The van der Waals surface area contributed by atoms with Crippen molar-refractivity contribution in [2.75, 3.05) is 26.7 Å². The molecule has 21 heavy (non-hydrogen) atoms. The van der Waals surface area contributed by atoms with E-state index in [1.807, 2.05) is 0 Å². The molecule has 0 N–H and O–H groups in total. The van der Waals surface area contributed by atoms with E-state index in [2.05, 4.69) is 4.98 Å². The number of aromatic nitrogens is 2. The maximum atomic E-state index is 12.3. The predicted octanol–water partition coefficient (Wildman–Crippen LogP) is 1.52. The van der Waals surface area contributed by atoms with Crippen LogP contribution in [0.2, 0.25) is 0 Å². The summed E-state index contributed by atoms with van der Waals surface area (Å²) in [6.45, 7) is -0.167. The lowest BCUT2D eigenvalue weighted by molar-refractivity contribution is -0.148. The maximum absolute atomic E-state index is 12.3. The van der Waals surface area contributed by atoms with E-state index >= 15 is 0 Å². The summed E-state index contributed by atoms with van der Waals surface area (Å²) in [6.07, 6.45) is -0.0137. The Morgan fingerprint density at radius 3 is 2.52 bits per heavy atom. The molecule has 0 saturated carbocycles. The standard InChI is InChI=1S/C13H19F3N4O/c1-18-9-17-7-11(18)12(21)19(2)10-3-5-20(6-4-10)8-13(14,15)16/h7,9-10H,3-6,8H2,1-2H3. The minimum Gasteiger partial charge on any atom is -0.337 e. The van der Waals surface area contributed by atoms with Gasteiger partial charge in [0.15, 0.2) is 0 Å². The van der Waals surface area contributed by atoms with Crippen molar-refractivity contribution in [1.29, 1.82) is 0 Å². The number of carbonyl (C=O) groups excluding carboxylic acids is 1. The number of rotatable bonds is 3. The van der Waals surface area contributed by atoms with Crippen molar-refractivity contribution >= 4 is 5.91 Å². The van der Waals surface area contributed by atoms with Crippen LogP contribution < -0.4 is 0 Å². The monoisotopic (exact) mass is 304 g/mol. The second-order valence-electron chi connectivity index (χ2n) is 5.43. The van der Waals surface area contributed by atoms with E-state index < -0.39 is 12.7 Å². The van der Waals surface area contributed by atoms with Gasteiger partial charge in [0.05, 0.1) is 19.1 Å². The molecule has 1 saturated heterocycles. The normalized spacial score (nSPS) is 18.0. The van der Waals surface area contributed by atoms with Gasteiger partial charge < -0.3 is 9.47 Å². The van der Waals surface area contributed by atoms with Crippen molar-refractivity contribution in [3.05, 3.63) is 18.2 Å². The van der Waals surface area contributed by atoms with Crippen LogP contribution in [0.15, 0.2) is 12.5 Å². The van der Waals surface area contributed by atoms with Gasteiger partial charge in [-0.05, 0) is 12.8 Å². The largest absolute Gasteiger partial charge is 0.401 e.